The monoisotopic (exact) mass is 1220 g/mol. The van der Waals surface area contributed by atoms with Gasteiger partial charge in [-0.2, -0.15) is 9.90 Å². The molecule has 0 spiro atoms. The van der Waals surface area contributed by atoms with Crippen molar-refractivity contribution in [2.24, 2.45) is 0 Å². The molecule has 1 aliphatic rings. The number of hydrogen-bond donors (Lipinski definition) is 0. The van der Waals surface area contributed by atoms with Gasteiger partial charge in [0.2, 0.25) is 9.84 Å². The van der Waals surface area contributed by atoms with E-state index in [-0.39, 0.29) is 42.0 Å². The molecule has 3 unspecified atom stereocenters. The number of sulfone groups is 1. The van der Waals surface area contributed by atoms with Gasteiger partial charge in [0.1, 0.15) is 0 Å². The molecular formula is C74H51N4O4P3S2. The molecule has 0 saturated heterocycles. The molecule has 3 atom stereocenters. The Hall–Kier alpha value is -9.36. The highest BCUT2D eigenvalue weighted by molar-refractivity contribution is 7.92. The summed E-state index contributed by atoms with van der Waals surface area (Å²) in [5, 5.41) is 10.7. The minimum absolute atomic E-state index is 0. The molecule has 0 aliphatic carbocycles. The van der Waals surface area contributed by atoms with E-state index in [2.05, 4.69) is 194 Å². The van der Waals surface area contributed by atoms with Crippen molar-refractivity contribution >= 4 is 162 Å². The molecule has 0 fully saturated rings. The highest BCUT2D eigenvalue weighted by Crippen LogP contribution is 2.42. The first-order valence-electron chi connectivity index (χ1n) is 28.1. The summed E-state index contributed by atoms with van der Waals surface area (Å²) in [5.74, 6) is -0.301. The predicted molar refractivity (Wildman–Crippen MR) is 375 cm³/mol. The van der Waals surface area contributed by atoms with Crippen molar-refractivity contribution in [3.8, 4) is 22.7 Å². The van der Waals surface area contributed by atoms with Gasteiger partial charge in [0.15, 0.2) is 11.2 Å². The lowest BCUT2D eigenvalue weighted by molar-refractivity contribution is 0.103. The van der Waals surface area contributed by atoms with Crippen LogP contribution in [0.15, 0.2) is 282 Å². The van der Waals surface area contributed by atoms with Gasteiger partial charge in [-0.1, -0.05) is 146 Å². The Bertz CT molecular complexity index is 5360. The molecule has 0 saturated carbocycles. The van der Waals surface area contributed by atoms with Crippen LogP contribution in [0.5, 0.6) is 0 Å². The zero-order chi connectivity index (χ0) is 57.9. The molecule has 12 aromatic carbocycles. The number of fused-ring (bicyclic) bond motifs is 16. The summed E-state index contributed by atoms with van der Waals surface area (Å²) in [4.78, 5) is 28.5. The summed E-state index contributed by atoms with van der Waals surface area (Å²) in [6, 6.07) is 89.1. The molecule has 0 radical (unpaired) electrons. The second-order valence-corrected chi connectivity index (χ2v) is 24.4. The van der Waals surface area contributed by atoms with E-state index in [0.29, 0.717) is 0 Å². The van der Waals surface area contributed by atoms with Crippen LogP contribution >= 0.6 is 39.1 Å². The second-order valence-electron chi connectivity index (χ2n) is 21.5. The lowest BCUT2D eigenvalue weighted by atomic mass is 10.0. The molecule has 0 N–H and O–H groups in total. The highest BCUT2D eigenvalue weighted by Gasteiger charge is 2.36. The summed E-state index contributed by atoms with van der Waals surface area (Å²) >= 11 is 1.67. The van der Waals surface area contributed by atoms with Crippen molar-refractivity contribution in [1.82, 2.24) is 18.3 Å². The number of ketones is 1. The molecule has 0 bridgehead atoms. The molecule has 17 aromatic rings. The quantitative estimate of drug-likeness (QED) is 0.130. The third-order valence-corrected chi connectivity index (χ3v) is 20.0. The molecule has 87 heavy (non-hydrogen) atoms. The van der Waals surface area contributed by atoms with Crippen LogP contribution in [0.2, 0.25) is 0 Å². The van der Waals surface area contributed by atoms with Crippen molar-refractivity contribution in [1.29, 1.82) is 0 Å². The van der Waals surface area contributed by atoms with Crippen molar-refractivity contribution in [3.05, 3.63) is 288 Å². The molecule has 5 aromatic heterocycles. The lowest BCUT2D eigenvalue weighted by Gasteiger charge is -2.21. The van der Waals surface area contributed by atoms with Gasteiger partial charge in [0.25, 0.3) is 0 Å². The van der Waals surface area contributed by atoms with Gasteiger partial charge in [-0.25, -0.2) is 8.42 Å². The SMILES string of the molecule is O=C1c2cc(-n3c4ccccc4c4ccccc43)ccc2S(=O)(=O)c2ccc(-n3c4ccccc4c4ccccc43)cc21.O=c1c2cc(-n3c4ccccc4c4ccccc43)ccc2sc2ccc(-n3c4ccccc4c4ccccc43)cc12.P.PP. The summed E-state index contributed by atoms with van der Waals surface area (Å²) in [6.07, 6.45) is 0. The summed E-state index contributed by atoms with van der Waals surface area (Å²) in [5.41, 5.74) is 12.4. The van der Waals surface area contributed by atoms with Crippen molar-refractivity contribution in [2.45, 2.75) is 9.79 Å². The fourth-order valence-corrected chi connectivity index (χ4v) is 16.0. The van der Waals surface area contributed by atoms with E-state index in [9.17, 15) is 18.0 Å². The fourth-order valence-electron chi connectivity index (χ4n) is 13.3. The Morgan fingerprint density at radius 1 is 0.287 bits per heavy atom. The predicted octanol–water partition coefficient (Wildman–Crippen LogP) is 18.6. The number of nitrogens with zero attached hydrogens (tertiary/aromatic N) is 4. The van der Waals surface area contributed by atoms with E-state index in [1.165, 1.54) is 21.5 Å². The Kier molecular flexibility index (Phi) is 13.3. The van der Waals surface area contributed by atoms with Crippen LogP contribution in [0.4, 0.5) is 0 Å². The maximum Gasteiger partial charge on any atom is 0.208 e. The Balaban J connectivity index is 0.000000141. The molecule has 8 nitrogen and oxygen atoms in total. The molecule has 418 valence electrons. The maximum absolute atomic E-state index is 14.2. The second kappa shape index (κ2) is 21.3. The molecule has 6 heterocycles. The summed E-state index contributed by atoms with van der Waals surface area (Å²) < 4.78 is 38.6. The van der Waals surface area contributed by atoms with Crippen LogP contribution in [0.1, 0.15) is 15.9 Å². The number of para-hydroxylation sites is 8. The van der Waals surface area contributed by atoms with E-state index in [4.69, 9.17) is 0 Å². The van der Waals surface area contributed by atoms with E-state index in [1.807, 2.05) is 72.8 Å². The molecule has 0 amide bonds. The molecule has 13 heteroatoms. The average Bonchev–Trinajstić information content (AvgIpc) is 1.89. The van der Waals surface area contributed by atoms with E-state index in [0.717, 1.165) is 109 Å². The average molecular weight is 1220 g/mol. The number of carbonyl (C=O) groups excluding carboxylic acids is 1. The zero-order valence-corrected chi connectivity index (χ0v) is 51.9. The van der Waals surface area contributed by atoms with Gasteiger partial charge in [-0.3, -0.25) is 9.59 Å². The summed E-state index contributed by atoms with van der Waals surface area (Å²) in [7, 11) is 0.752. The van der Waals surface area contributed by atoms with Gasteiger partial charge < -0.3 is 18.3 Å². The first-order chi connectivity index (χ1) is 42.3. The smallest absolute Gasteiger partial charge is 0.208 e. The minimum atomic E-state index is -3.91. The number of benzene rings is 12. The van der Waals surface area contributed by atoms with Crippen molar-refractivity contribution < 1.29 is 13.2 Å². The van der Waals surface area contributed by atoms with Crippen LogP contribution in [0.3, 0.4) is 0 Å². The normalized spacial score (nSPS) is 12.6. The van der Waals surface area contributed by atoms with E-state index < -0.39 is 9.84 Å². The number of aromatic nitrogens is 4. The van der Waals surface area contributed by atoms with E-state index >= 15 is 0 Å². The van der Waals surface area contributed by atoms with Crippen molar-refractivity contribution in [2.75, 3.05) is 0 Å². The Morgan fingerprint density at radius 2 is 0.517 bits per heavy atom. The molecule has 18 rings (SSSR count). The van der Waals surface area contributed by atoms with Gasteiger partial charge in [-0.05, 0) is 121 Å². The third-order valence-electron chi connectivity index (χ3n) is 17.0. The van der Waals surface area contributed by atoms with Gasteiger partial charge in [0, 0.05) is 97.1 Å². The number of hydrogen-bond acceptors (Lipinski definition) is 5. The van der Waals surface area contributed by atoms with Crippen LogP contribution in [0, 0.1) is 0 Å². The third kappa shape index (κ3) is 8.31. The van der Waals surface area contributed by atoms with Gasteiger partial charge >= 0.3 is 0 Å². The number of rotatable bonds is 4. The molecular weight excluding hydrogens is 1170 g/mol. The largest absolute Gasteiger partial charge is 0.309 e. The minimum Gasteiger partial charge on any atom is -0.309 e. The van der Waals surface area contributed by atoms with Gasteiger partial charge in [0.05, 0.1) is 53.9 Å². The van der Waals surface area contributed by atoms with Crippen LogP contribution < -0.4 is 5.43 Å². The summed E-state index contributed by atoms with van der Waals surface area (Å²) in [6.45, 7) is 0. The highest BCUT2D eigenvalue weighted by atomic mass is 32.2. The topological polar surface area (TPSA) is 88.0 Å². The number of carbonyl (C=O) groups is 1. The lowest BCUT2D eigenvalue weighted by Crippen LogP contribution is -2.21. The van der Waals surface area contributed by atoms with Crippen LogP contribution in [0.25, 0.3) is 130 Å². The first-order valence-corrected chi connectivity index (χ1v) is 33.1. The zero-order valence-electron chi connectivity index (χ0n) is 46.5. The van der Waals surface area contributed by atoms with Crippen LogP contribution in [-0.4, -0.2) is 32.5 Å². The molecule has 1 aliphatic heterocycles. The van der Waals surface area contributed by atoms with Crippen molar-refractivity contribution in [3.63, 3.8) is 0 Å². The Labute approximate surface area is 511 Å². The Morgan fingerprint density at radius 3 is 0.782 bits per heavy atom. The van der Waals surface area contributed by atoms with Gasteiger partial charge in [-0.15, -0.1) is 29.2 Å². The fraction of sp³-hybridized carbons (Fsp3) is 0. The maximum atomic E-state index is 14.2. The van der Waals surface area contributed by atoms with Crippen LogP contribution in [-0.2, 0) is 9.84 Å². The van der Waals surface area contributed by atoms with E-state index in [1.54, 1.807) is 47.7 Å². The first kappa shape index (κ1) is 54.3. The standard InChI is InChI=1S/C37H22N2O3S.C37H22N2OS.H4P2.H3P/c40-37-29-21-23(38-31-13-5-1-9-25(31)26-10-2-6-14-32(26)38)17-19-35(29)43(41,42)36-20-18-24(22-30(36)37)39-33-15-7-3-11-27(33)28-12-4-8-16-34(28)39;40-37-29-21-23(38-31-13-5-1-9-25(31)26-10-2-6-14-32(26)38)17-19-35(29)41-36-20-18-24(22-30(36)37)39-33-15-7-3-11-27(33)28-12-4-8-16-34(28)39;1-2;/h1-22H;1-22H;1-2H2;1H3.